The average Bonchev–Trinajstić information content (AvgIpc) is 3.27. The van der Waals surface area contributed by atoms with Crippen molar-refractivity contribution in [3.8, 4) is 11.5 Å². The molecule has 0 unspecified atom stereocenters. The second-order valence-electron chi connectivity index (χ2n) is 8.01. The number of halogens is 1. The fourth-order valence-electron chi connectivity index (χ4n) is 3.82. The van der Waals surface area contributed by atoms with Gasteiger partial charge in [0.05, 0.1) is 12.1 Å². The molecule has 0 fully saturated rings. The zero-order chi connectivity index (χ0) is 25.1. The van der Waals surface area contributed by atoms with Crippen LogP contribution in [0, 0.1) is 0 Å². The number of esters is 1. The molecule has 7 heteroatoms. The molecule has 0 atom stereocenters. The number of benzene rings is 4. The molecule has 0 bridgehead atoms. The first-order chi connectivity index (χ1) is 17.5. The third-order valence-electron chi connectivity index (χ3n) is 5.62. The number of nitrogens with zero attached hydrogens (tertiary/aromatic N) is 1. The van der Waals surface area contributed by atoms with Crippen molar-refractivity contribution in [2.75, 3.05) is 13.7 Å². The number of methoxy groups -OCH3 is 1. The number of ether oxygens (including phenoxy) is 3. The summed E-state index contributed by atoms with van der Waals surface area (Å²) in [5.41, 5.74) is 1.93. The molecule has 0 saturated heterocycles. The van der Waals surface area contributed by atoms with E-state index in [1.54, 1.807) is 42.5 Å². The van der Waals surface area contributed by atoms with Crippen molar-refractivity contribution in [3.63, 3.8) is 0 Å². The number of fused-ring (bicyclic) bond motifs is 1. The first-order valence-corrected chi connectivity index (χ1v) is 11.5. The van der Waals surface area contributed by atoms with Gasteiger partial charge in [-0.1, -0.05) is 72.3 Å². The van der Waals surface area contributed by atoms with Gasteiger partial charge in [-0.2, -0.15) is 0 Å². The fraction of sp³-hybridized carbons (Fsp3) is 0.0690. The summed E-state index contributed by atoms with van der Waals surface area (Å²) in [5, 5.41) is 2.33. The zero-order valence-corrected chi connectivity index (χ0v) is 20.0. The predicted octanol–water partition coefficient (Wildman–Crippen LogP) is 6.11. The molecule has 0 aromatic heterocycles. The molecule has 1 aliphatic heterocycles. The monoisotopic (exact) mass is 497 g/mol. The SMILES string of the molecule is COc1cc(/C=C2\N=C(c3ccc4ccccc4c3)OC2=O)cc(Cl)c1OCC(=O)c1ccccc1. The van der Waals surface area contributed by atoms with Gasteiger partial charge in [0.1, 0.15) is 0 Å². The highest BCUT2D eigenvalue weighted by molar-refractivity contribution is 6.32. The van der Waals surface area contributed by atoms with Crippen LogP contribution in [-0.4, -0.2) is 31.4 Å². The molecule has 6 nitrogen and oxygen atoms in total. The average molecular weight is 498 g/mol. The van der Waals surface area contributed by atoms with Crippen molar-refractivity contribution in [3.05, 3.63) is 112 Å². The van der Waals surface area contributed by atoms with Crippen molar-refractivity contribution in [1.82, 2.24) is 0 Å². The molecule has 4 aromatic rings. The van der Waals surface area contributed by atoms with E-state index in [2.05, 4.69) is 4.99 Å². The summed E-state index contributed by atoms with van der Waals surface area (Å²) in [6.07, 6.45) is 1.56. The van der Waals surface area contributed by atoms with Gasteiger partial charge in [-0.05, 0) is 46.7 Å². The van der Waals surface area contributed by atoms with Crippen LogP contribution in [0.15, 0.2) is 95.6 Å². The van der Waals surface area contributed by atoms with Crippen molar-refractivity contribution in [1.29, 1.82) is 0 Å². The summed E-state index contributed by atoms with van der Waals surface area (Å²) in [5.74, 6) is 0.0286. The third-order valence-corrected chi connectivity index (χ3v) is 5.90. The number of Topliss-reactive ketones (excluding diaryl/α,β-unsaturated/α-hetero) is 1. The van der Waals surface area contributed by atoms with E-state index in [4.69, 9.17) is 25.8 Å². The van der Waals surface area contributed by atoms with Gasteiger partial charge in [0.25, 0.3) is 0 Å². The van der Waals surface area contributed by atoms with E-state index in [1.165, 1.54) is 7.11 Å². The van der Waals surface area contributed by atoms with Gasteiger partial charge in [0.2, 0.25) is 5.90 Å². The van der Waals surface area contributed by atoms with Crippen molar-refractivity contribution < 1.29 is 23.8 Å². The Labute approximate surface area is 212 Å². The van der Waals surface area contributed by atoms with Crippen molar-refractivity contribution in [2.45, 2.75) is 0 Å². The standard InChI is InChI=1S/C29H20ClNO5/c1-34-26-15-18(13-23(30)27(26)35-17-25(32)20-8-3-2-4-9-20)14-24-29(33)36-28(31-24)22-12-11-19-7-5-6-10-21(19)16-22/h2-16H,17H2,1H3/b24-14-. The van der Waals surface area contributed by atoms with Crippen LogP contribution in [0.1, 0.15) is 21.5 Å². The van der Waals surface area contributed by atoms with Gasteiger partial charge in [0, 0.05) is 11.1 Å². The Morgan fingerprint density at radius 2 is 1.72 bits per heavy atom. The van der Waals surface area contributed by atoms with Crippen LogP contribution in [0.2, 0.25) is 5.02 Å². The number of hydrogen-bond donors (Lipinski definition) is 0. The van der Waals surface area contributed by atoms with Crippen LogP contribution in [0.5, 0.6) is 11.5 Å². The molecule has 0 saturated carbocycles. The summed E-state index contributed by atoms with van der Waals surface area (Å²) in [4.78, 5) is 29.3. The van der Waals surface area contributed by atoms with Crippen LogP contribution >= 0.6 is 11.6 Å². The molecule has 0 amide bonds. The molecule has 1 heterocycles. The lowest BCUT2D eigenvalue weighted by Crippen LogP contribution is -2.12. The molecule has 0 aliphatic carbocycles. The summed E-state index contributed by atoms with van der Waals surface area (Å²) in [7, 11) is 1.47. The second-order valence-corrected chi connectivity index (χ2v) is 8.42. The number of carbonyl (C=O) groups excluding carboxylic acids is 2. The highest BCUT2D eigenvalue weighted by Gasteiger charge is 2.25. The van der Waals surface area contributed by atoms with Crippen LogP contribution in [-0.2, 0) is 9.53 Å². The molecule has 0 N–H and O–H groups in total. The topological polar surface area (TPSA) is 74.2 Å². The predicted molar refractivity (Wildman–Crippen MR) is 139 cm³/mol. The van der Waals surface area contributed by atoms with Gasteiger partial charge in [-0.25, -0.2) is 9.79 Å². The van der Waals surface area contributed by atoms with E-state index >= 15 is 0 Å². The van der Waals surface area contributed by atoms with Gasteiger partial charge < -0.3 is 14.2 Å². The van der Waals surface area contributed by atoms with Gasteiger partial charge in [0.15, 0.2) is 29.6 Å². The van der Waals surface area contributed by atoms with Gasteiger partial charge in [-0.3, -0.25) is 4.79 Å². The Morgan fingerprint density at radius 1 is 0.972 bits per heavy atom. The van der Waals surface area contributed by atoms with Crippen LogP contribution in [0.25, 0.3) is 16.8 Å². The van der Waals surface area contributed by atoms with Crippen molar-refractivity contribution >= 4 is 46.1 Å². The molecular formula is C29H20ClNO5. The molecule has 5 rings (SSSR count). The van der Waals surface area contributed by atoms with E-state index in [0.29, 0.717) is 22.4 Å². The Bertz CT molecular complexity index is 1540. The first kappa shape index (κ1) is 23.3. The maximum absolute atomic E-state index is 12.5. The Balaban J connectivity index is 1.39. The van der Waals surface area contributed by atoms with Crippen LogP contribution in [0.4, 0.5) is 0 Å². The Kier molecular flexibility index (Phi) is 6.52. The smallest absolute Gasteiger partial charge is 0.363 e. The van der Waals surface area contributed by atoms with E-state index in [1.807, 2.05) is 48.5 Å². The summed E-state index contributed by atoms with van der Waals surface area (Å²) in [6, 6.07) is 25.7. The minimum atomic E-state index is -0.568. The molecule has 0 radical (unpaired) electrons. The lowest BCUT2D eigenvalue weighted by atomic mass is 10.1. The molecule has 4 aromatic carbocycles. The van der Waals surface area contributed by atoms with E-state index in [0.717, 1.165) is 10.8 Å². The lowest BCUT2D eigenvalue weighted by Gasteiger charge is -2.13. The molecule has 0 spiro atoms. The number of hydrogen-bond acceptors (Lipinski definition) is 6. The Hall–Kier alpha value is -4.42. The van der Waals surface area contributed by atoms with E-state index in [-0.39, 0.29) is 34.8 Å². The van der Waals surface area contributed by atoms with Crippen molar-refractivity contribution in [2.24, 2.45) is 4.99 Å². The van der Waals surface area contributed by atoms with Crippen LogP contribution < -0.4 is 9.47 Å². The second kappa shape index (κ2) is 10.1. The number of carbonyl (C=O) groups is 2. The summed E-state index contributed by atoms with van der Waals surface area (Å²) < 4.78 is 16.5. The first-order valence-electron chi connectivity index (χ1n) is 11.1. The summed E-state index contributed by atoms with van der Waals surface area (Å²) in [6.45, 7) is -0.202. The highest BCUT2D eigenvalue weighted by atomic mass is 35.5. The maximum atomic E-state index is 12.5. The highest BCUT2D eigenvalue weighted by Crippen LogP contribution is 2.37. The van der Waals surface area contributed by atoms with Crippen LogP contribution in [0.3, 0.4) is 0 Å². The minimum absolute atomic E-state index is 0.129. The quantitative estimate of drug-likeness (QED) is 0.175. The number of cyclic esters (lactones) is 1. The molecular weight excluding hydrogens is 478 g/mol. The maximum Gasteiger partial charge on any atom is 0.363 e. The normalized spacial score (nSPS) is 14.0. The number of ketones is 1. The number of aliphatic imine (C=N–C) groups is 1. The Morgan fingerprint density at radius 3 is 2.50 bits per heavy atom. The lowest BCUT2D eigenvalue weighted by molar-refractivity contribution is -0.129. The fourth-order valence-corrected chi connectivity index (χ4v) is 4.09. The van der Waals surface area contributed by atoms with Gasteiger partial charge in [-0.15, -0.1) is 0 Å². The molecule has 178 valence electrons. The zero-order valence-electron chi connectivity index (χ0n) is 19.2. The molecule has 36 heavy (non-hydrogen) atoms. The largest absolute Gasteiger partial charge is 0.493 e. The number of rotatable bonds is 7. The van der Waals surface area contributed by atoms with Gasteiger partial charge >= 0.3 is 5.97 Å². The van der Waals surface area contributed by atoms with E-state index in [9.17, 15) is 9.59 Å². The van der Waals surface area contributed by atoms with E-state index < -0.39 is 5.97 Å². The summed E-state index contributed by atoms with van der Waals surface area (Å²) >= 11 is 6.45. The molecule has 1 aliphatic rings. The third kappa shape index (κ3) is 4.85. The minimum Gasteiger partial charge on any atom is -0.493 e.